The highest BCUT2D eigenvalue weighted by Gasteiger charge is 2.21. The van der Waals surface area contributed by atoms with E-state index in [9.17, 15) is 27.9 Å². The van der Waals surface area contributed by atoms with Gasteiger partial charge in [-0.25, -0.2) is 13.1 Å². The maximum absolute atomic E-state index is 12.8. The van der Waals surface area contributed by atoms with Gasteiger partial charge in [0, 0.05) is 19.2 Å². The Balaban J connectivity index is 1.56. The van der Waals surface area contributed by atoms with Gasteiger partial charge < -0.3 is 15.2 Å². The molecule has 0 unspecified atom stereocenters. The molecule has 3 rings (SSSR count). The number of sulfonamides is 1. The number of amides is 2. The number of aromatic nitrogens is 1. The zero-order chi connectivity index (χ0) is 27.5. The molecule has 38 heavy (non-hydrogen) atoms. The first-order chi connectivity index (χ1) is 18.2. The van der Waals surface area contributed by atoms with Gasteiger partial charge >= 0.3 is 0 Å². The molecule has 10 heteroatoms. The predicted octanol–water partition coefficient (Wildman–Crippen LogP) is 2.93. The summed E-state index contributed by atoms with van der Waals surface area (Å²) < 4.78 is 27.6. The molecule has 206 valence electrons. The van der Waals surface area contributed by atoms with Gasteiger partial charge in [0.1, 0.15) is 0 Å². The van der Waals surface area contributed by atoms with E-state index < -0.39 is 21.9 Å². The van der Waals surface area contributed by atoms with Crippen LogP contribution in [0.4, 0.5) is 0 Å². The Hall–Kier alpha value is -3.27. The topological polar surface area (TPSA) is 145 Å². The number of hydrogen-bond donors (Lipinski definition) is 2. The number of aryl methyl sites for hydroxylation is 1. The van der Waals surface area contributed by atoms with E-state index in [0.29, 0.717) is 43.7 Å². The van der Waals surface area contributed by atoms with Crippen LogP contribution >= 0.6 is 0 Å². The molecule has 0 spiro atoms. The molecule has 2 amide bonds. The van der Waals surface area contributed by atoms with Crippen LogP contribution in [0.15, 0.2) is 41.4 Å². The molecule has 2 N–H and O–H groups in total. The number of unbranched alkanes of at least 4 members (excludes halogenated alkanes) is 2. The number of rotatable bonds is 13. The van der Waals surface area contributed by atoms with Crippen LogP contribution in [0.1, 0.15) is 96.7 Å². The lowest BCUT2D eigenvalue weighted by molar-refractivity contribution is -0.255. The molecular weight excluding hydrogens is 506 g/mol. The quantitative estimate of drug-likeness (QED) is 0.370. The second-order valence-electron chi connectivity index (χ2n) is 9.86. The number of carboxylic acids is 1. The number of nitrogens with zero attached hydrogens (tertiary/aromatic N) is 1. The van der Waals surface area contributed by atoms with Crippen LogP contribution in [-0.2, 0) is 27.7 Å². The SMILES string of the molecule is CCCCCc1cc(C(=O)NS(=O)(=O)c2ccc(CCNC(=O)CC3CCCCC3)cc2)cnc1C(=O)[O-]. The second kappa shape index (κ2) is 14.0. The van der Waals surface area contributed by atoms with Gasteiger partial charge in [-0.2, -0.15) is 0 Å². The fourth-order valence-electron chi connectivity index (χ4n) is 4.72. The molecule has 1 aromatic carbocycles. The van der Waals surface area contributed by atoms with Crippen molar-refractivity contribution in [2.24, 2.45) is 5.92 Å². The van der Waals surface area contributed by atoms with Crippen molar-refractivity contribution in [3.8, 4) is 0 Å². The molecular formula is C28H36N3O6S-. The van der Waals surface area contributed by atoms with Crippen molar-refractivity contribution in [1.29, 1.82) is 0 Å². The Bertz CT molecular complexity index is 1220. The molecule has 0 bridgehead atoms. The van der Waals surface area contributed by atoms with E-state index in [2.05, 4.69) is 10.3 Å². The van der Waals surface area contributed by atoms with Gasteiger partial charge in [-0.1, -0.05) is 51.2 Å². The van der Waals surface area contributed by atoms with Gasteiger partial charge in [0.05, 0.1) is 22.1 Å². The predicted molar refractivity (Wildman–Crippen MR) is 141 cm³/mol. The average Bonchev–Trinajstić information content (AvgIpc) is 2.89. The molecule has 0 atom stereocenters. The Labute approximate surface area is 224 Å². The van der Waals surface area contributed by atoms with Crippen molar-refractivity contribution in [2.75, 3.05) is 6.54 Å². The lowest BCUT2D eigenvalue weighted by Gasteiger charge is -2.20. The number of aromatic carboxylic acids is 1. The maximum Gasteiger partial charge on any atom is 0.266 e. The molecule has 1 aromatic heterocycles. The van der Waals surface area contributed by atoms with E-state index in [-0.39, 0.29) is 22.1 Å². The van der Waals surface area contributed by atoms with Crippen LogP contribution in [-0.4, -0.2) is 37.7 Å². The van der Waals surface area contributed by atoms with Crippen molar-refractivity contribution in [1.82, 2.24) is 15.0 Å². The summed E-state index contributed by atoms with van der Waals surface area (Å²) in [5, 5.41) is 14.3. The number of hydrogen-bond acceptors (Lipinski definition) is 7. The zero-order valence-electron chi connectivity index (χ0n) is 21.8. The first kappa shape index (κ1) is 29.3. The van der Waals surface area contributed by atoms with Crippen LogP contribution in [0.2, 0.25) is 0 Å². The van der Waals surface area contributed by atoms with Crippen LogP contribution in [0, 0.1) is 5.92 Å². The Morgan fingerprint density at radius 3 is 2.39 bits per heavy atom. The summed E-state index contributed by atoms with van der Waals surface area (Å²) in [6.07, 6.45) is 10.9. The third kappa shape index (κ3) is 8.65. The Morgan fingerprint density at radius 1 is 1.03 bits per heavy atom. The smallest absolute Gasteiger partial charge is 0.266 e. The third-order valence-electron chi connectivity index (χ3n) is 6.87. The summed E-state index contributed by atoms with van der Waals surface area (Å²) in [5.74, 6) is -1.82. The minimum absolute atomic E-state index is 0.0503. The summed E-state index contributed by atoms with van der Waals surface area (Å²) in [6, 6.07) is 7.46. The van der Waals surface area contributed by atoms with E-state index in [1.165, 1.54) is 37.5 Å². The number of carbonyl (C=O) groups excluding carboxylic acids is 3. The third-order valence-corrected chi connectivity index (χ3v) is 8.21. The maximum atomic E-state index is 12.8. The summed E-state index contributed by atoms with van der Waals surface area (Å²) in [6.45, 7) is 2.47. The van der Waals surface area contributed by atoms with Gasteiger partial charge in [0.15, 0.2) is 0 Å². The fraction of sp³-hybridized carbons (Fsp3) is 0.500. The average molecular weight is 543 g/mol. The molecule has 0 aliphatic heterocycles. The van der Waals surface area contributed by atoms with Gasteiger partial charge in [0.2, 0.25) is 5.91 Å². The molecule has 1 fully saturated rings. The zero-order valence-corrected chi connectivity index (χ0v) is 22.6. The van der Waals surface area contributed by atoms with E-state index in [0.717, 1.165) is 37.4 Å². The van der Waals surface area contributed by atoms with Crippen LogP contribution in [0.3, 0.4) is 0 Å². The molecule has 1 aliphatic rings. The van der Waals surface area contributed by atoms with Crippen LogP contribution in [0.25, 0.3) is 0 Å². The number of carboxylic acid groups (broad SMARTS) is 1. The molecule has 9 nitrogen and oxygen atoms in total. The Morgan fingerprint density at radius 2 is 1.74 bits per heavy atom. The first-order valence-electron chi connectivity index (χ1n) is 13.3. The summed E-state index contributed by atoms with van der Waals surface area (Å²) in [5.41, 5.74) is 0.887. The van der Waals surface area contributed by atoms with Crippen molar-refractivity contribution >= 4 is 27.8 Å². The van der Waals surface area contributed by atoms with Gasteiger partial charge in [0.25, 0.3) is 15.9 Å². The normalized spacial score (nSPS) is 14.1. The summed E-state index contributed by atoms with van der Waals surface area (Å²) in [4.78, 5) is 40.0. The molecule has 1 heterocycles. The van der Waals surface area contributed by atoms with Crippen molar-refractivity contribution in [3.05, 3.63) is 58.9 Å². The lowest BCUT2D eigenvalue weighted by atomic mass is 9.87. The number of carbonyl (C=O) groups is 3. The first-order valence-corrected chi connectivity index (χ1v) is 14.8. The van der Waals surface area contributed by atoms with E-state index >= 15 is 0 Å². The van der Waals surface area contributed by atoms with Gasteiger partial charge in [-0.3, -0.25) is 14.6 Å². The van der Waals surface area contributed by atoms with E-state index in [1.54, 1.807) is 12.1 Å². The Kier molecular flexibility index (Phi) is 10.8. The minimum Gasteiger partial charge on any atom is -0.543 e. The van der Waals surface area contributed by atoms with Gasteiger partial charge in [-0.15, -0.1) is 0 Å². The van der Waals surface area contributed by atoms with Crippen molar-refractivity contribution in [3.63, 3.8) is 0 Å². The largest absolute Gasteiger partial charge is 0.543 e. The van der Waals surface area contributed by atoms with E-state index in [4.69, 9.17) is 0 Å². The number of nitrogens with one attached hydrogen (secondary N) is 2. The summed E-state index contributed by atoms with van der Waals surface area (Å²) >= 11 is 0. The van der Waals surface area contributed by atoms with Crippen molar-refractivity contribution in [2.45, 2.75) is 82.4 Å². The molecule has 1 saturated carbocycles. The summed E-state index contributed by atoms with van der Waals surface area (Å²) in [7, 11) is -4.16. The molecule has 0 radical (unpaired) electrons. The fourth-order valence-corrected chi connectivity index (χ4v) is 5.70. The van der Waals surface area contributed by atoms with Crippen molar-refractivity contribution < 1.29 is 27.9 Å². The van der Waals surface area contributed by atoms with Crippen LogP contribution < -0.4 is 15.1 Å². The molecule has 0 saturated heterocycles. The lowest BCUT2D eigenvalue weighted by Crippen LogP contribution is -2.31. The molecule has 2 aromatic rings. The monoisotopic (exact) mass is 542 g/mol. The van der Waals surface area contributed by atoms with Gasteiger partial charge in [-0.05, 0) is 67.3 Å². The highest BCUT2D eigenvalue weighted by atomic mass is 32.2. The molecule has 1 aliphatic carbocycles. The second-order valence-corrected chi connectivity index (χ2v) is 11.5. The van der Waals surface area contributed by atoms with E-state index in [1.807, 2.05) is 11.6 Å². The minimum atomic E-state index is -4.16. The highest BCUT2D eigenvalue weighted by Crippen LogP contribution is 2.26. The standard InChI is InChI=1S/C28H37N3O6S/c1-2-3-5-10-22-18-23(19-30-26(22)28(34)35)27(33)31-38(36,37)24-13-11-20(12-14-24)15-16-29-25(32)17-21-8-6-4-7-9-21/h11-14,18-19,21H,2-10,15-17H2,1H3,(H,29,32)(H,31,33)(H,34,35)/p-1. The number of benzene rings is 1. The highest BCUT2D eigenvalue weighted by molar-refractivity contribution is 7.90. The number of pyridine rings is 1. The van der Waals surface area contributed by atoms with Crippen LogP contribution in [0.5, 0.6) is 0 Å².